The molecule has 2 aliphatic heterocycles. The Morgan fingerprint density at radius 3 is 2.70 bits per heavy atom. The number of hydrogen-bond donors (Lipinski definition) is 2. The number of benzene rings is 1. The molecule has 3 heterocycles. The minimum atomic E-state index is -1.32. The SMILES string of the molecule is COc1cc2c(c(F)c1O)[C@H]1CCC(C)(C)N1n1cc(C(=O)O)c(=O)cc1-2. The molecule has 8 heteroatoms. The Kier molecular flexibility index (Phi) is 3.53. The fraction of sp³-hybridized carbons (Fsp3) is 0.368. The van der Waals surface area contributed by atoms with E-state index in [1.807, 2.05) is 18.9 Å². The maximum atomic E-state index is 15.1. The molecule has 1 aromatic heterocycles. The Morgan fingerprint density at radius 2 is 2.07 bits per heavy atom. The number of nitrogens with zero attached hydrogens (tertiary/aromatic N) is 2. The molecule has 0 saturated carbocycles. The number of fused-ring (bicyclic) bond motifs is 6. The molecule has 4 rings (SSSR count). The number of aromatic nitrogens is 1. The lowest BCUT2D eigenvalue weighted by atomic mass is 9.93. The van der Waals surface area contributed by atoms with Crippen molar-refractivity contribution in [2.75, 3.05) is 12.1 Å². The van der Waals surface area contributed by atoms with Gasteiger partial charge in [0.25, 0.3) is 0 Å². The second-order valence-corrected chi connectivity index (χ2v) is 7.50. The third-order valence-corrected chi connectivity index (χ3v) is 5.51. The van der Waals surface area contributed by atoms with Gasteiger partial charge in [0, 0.05) is 23.4 Å². The van der Waals surface area contributed by atoms with E-state index in [4.69, 9.17) is 4.74 Å². The summed E-state index contributed by atoms with van der Waals surface area (Å²) in [6.07, 6.45) is 2.65. The Balaban J connectivity index is 2.12. The number of hydrogen-bond acceptors (Lipinski definition) is 5. The highest BCUT2D eigenvalue weighted by molar-refractivity contribution is 5.88. The summed E-state index contributed by atoms with van der Waals surface area (Å²) < 4.78 is 21.8. The Bertz CT molecular complexity index is 1040. The number of ether oxygens (including phenoxy) is 1. The van der Waals surface area contributed by atoms with Gasteiger partial charge < -0.3 is 14.9 Å². The third-order valence-electron chi connectivity index (χ3n) is 5.51. The van der Waals surface area contributed by atoms with Crippen LogP contribution in [0.1, 0.15) is 48.7 Å². The van der Waals surface area contributed by atoms with E-state index < -0.39 is 34.5 Å². The maximum absolute atomic E-state index is 15.1. The zero-order chi connectivity index (χ0) is 19.7. The molecule has 7 nitrogen and oxygen atoms in total. The van der Waals surface area contributed by atoms with Crippen molar-refractivity contribution in [2.24, 2.45) is 0 Å². The van der Waals surface area contributed by atoms with Crippen LogP contribution in [-0.4, -0.2) is 33.5 Å². The minimum Gasteiger partial charge on any atom is -0.502 e. The molecule has 1 aromatic carbocycles. The second-order valence-electron chi connectivity index (χ2n) is 7.50. The minimum absolute atomic E-state index is 0.0433. The van der Waals surface area contributed by atoms with Gasteiger partial charge in [-0.15, -0.1) is 0 Å². The van der Waals surface area contributed by atoms with Crippen LogP contribution in [0.25, 0.3) is 11.3 Å². The summed E-state index contributed by atoms with van der Waals surface area (Å²) in [6, 6.07) is 2.29. The topological polar surface area (TPSA) is 92.0 Å². The van der Waals surface area contributed by atoms with Gasteiger partial charge in [0.15, 0.2) is 22.7 Å². The van der Waals surface area contributed by atoms with Crippen molar-refractivity contribution < 1.29 is 24.1 Å². The number of halogens is 1. The summed E-state index contributed by atoms with van der Waals surface area (Å²) in [7, 11) is 1.31. The van der Waals surface area contributed by atoms with Crippen molar-refractivity contribution in [1.82, 2.24) is 4.68 Å². The molecule has 27 heavy (non-hydrogen) atoms. The van der Waals surface area contributed by atoms with E-state index >= 15 is 4.39 Å². The van der Waals surface area contributed by atoms with Crippen LogP contribution in [0.4, 0.5) is 4.39 Å². The van der Waals surface area contributed by atoms with E-state index in [1.165, 1.54) is 25.4 Å². The Labute approximate surface area is 154 Å². The first-order valence-corrected chi connectivity index (χ1v) is 8.56. The lowest BCUT2D eigenvalue weighted by Crippen LogP contribution is -2.50. The lowest BCUT2D eigenvalue weighted by molar-refractivity contribution is 0.0694. The standard InChI is InChI=1S/C19H19FN2O5/c1-19(2)5-4-11-15-9(6-14(27-3)17(24)16(15)20)12-7-13(23)10(18(25)26)8-21(12)22(11)19/h6-8,11,24H,4-5H2,1-3H3,(H,25,26)/t11-/m1/s1. The van der Waals surface area contributed by atoms with Crippen LogP contribution in [0, 0.1) is 5.82 Å². The fourth-order valence-corrected chi connectivity index (χ4v) is 4.25. The number of carboxylic acid groups (broad SMARTS) is 1. The van der Waals surface area contributed by atoms with E-state index in [2.05, 4.69) is 0 Å². The van der Waals surface area contributed by atoms with Crippen LogP contribution < -0.4 is 15.2 Å². The summed E-state index contributed by atoms with van der Waals surface area (Å²) in [5.41, 5.74) is -0.346. The van der Waals surface area contributed by atoms with E-state index in [-0.39, 0.29) is 11.3 Å². The zero-order valence-corrected chi connectivity index (χ0v) is 15.1. The smallest absolute Gasteiger partial charge is 0.341 e. The van der Waals surface area contributed by atoms with Gasteiger partial charge in [0.2, 0.25) is 0 Å². The van der Waals surface area contributed by atoms with E-state index in [1.54, 1.807) is 4.68 Å². The summed E-state index contributed by atoms with van der Waals surface area (Å²) in [5, 5.41) is 21.4. The summed E-state index contributed by atoms with van der Waals surface area (Å²) in [6.45, 7) is 3.95. The number of carbonyl (C=O) groups is 1. The average molecular weight is 374 g/mol. The highest BCUT2D eigenvalue weighted by Gasteiger charge is 2.46. The van der Waals surface area contributed by atoms with Gasteiger partial charge in [0.05, 0.1) is 24.4 Å². The quantitative estimate of drug-likeness (QED) is 0.840. The normalized spacial score (nSPS) is 19.3. The second kappa shape index (κ2) is 5.48. The van der Waals surface area contributed by atoms with Crippen LogP contribution in [0.2, 0.25) is 0 Å². The molecule has 0 unspecified atom stereocenters. The number of aromatic hydroxyl groups is 1. The third kappa shape index (κ3) is 2.25. The first kappa shape index (κ1) is 17.4. The van der Waals surface area contributed by atoms with Crippen LogP contribution in [-0.2, 0) is 0 Å². The Hall–Kier alpha value is -3.03. The highest BCUT2D eigenvalue weighted by atomic mass is 19.1. The van der Waals surface area contributed by atoms with Crippen molar-refractivity contribution in [3.05, 3.63) is 45.5 Å². The van der Waals surface area contributed by atoms with E-state index in [0.717, 1.165) is 6.42 Å². The molecular formula is C19H19FN2O5. The molecule has 2 aliphatic rings. The van der Waals surface area contributed by atoms with Crippen molar-refractivity contribution >= 4 is 5.97 Å². The van der Waals surface area contributed by atoms with Crippen molar-refractivity contribution in [3.63, 3.8) is 0 Å². The van der Waals surface area contributed by atoms with Gasteiger partial charge in [-0.2, -0.15) is 0 Å². The van der Waals surface area contributed by atoms with Gasteiger partial charge >= 0.3 is 5.97 Å². The van der Waals surface area contributed by atoms with Crippen LogP contribution in [0.3, 0.4) is 0 Å². The molecule has 0 bridgehead atoms. The molecule has 2 aromatic rings. The first-order chi connectivity index (χ1) is 12.7. The van der Waals surface area contributed by atoms with Crippen molar-refractivity contribution in [3.8, 4) is 22.8 Å². The van der Waals surface area contributed by atoms with Crippen molar-refractivity contribution in [1.29, 1.82) is 0 Å². The molecule has 1 fully saturated rings. The number of rotatable bonds is 2. The average Bonchev–Trinajstić information content (AvgIpc) is 2.92. The van der Waals surface area contributed by atoms with E-state index in [9.17, 15) is 19.8 Å². The number of methoxy groups -OCH3 is 1. The Morgan fingerprint density at radius 1 is 1.37 bits per heavy atom. The molecular weight excluding hydrogens is 355 g/mol. The largest absolute Gasteiger partial charge is 0.502 e. The van der Waals surface area contributed by atoms with Crippen molar-refractivity contribution in [2.45, 2.75) is 38.3 Å². The van der Waals surface area contributed by atoms with Gasteiger partial charge in [-0.1, -0.05) is 0 Å². The molecule has 0 aliphatic carbocycles. The number of phenolic OH excluding ortho intramolecular Hbond substituents is 1. The van der Waals surface area contributed by atoms with Crippen LogP contribution in [0.5, 0.6) is 11.5 Å². The molecule has 1 saturated heterocycles. The molecule has 1 atom stereocenters. The van der Waals surface area contributed by atoms with Crippen LogP contribution in [0.15, 0.2) is 23.1 Å². The predicted molar refractivity (Wildman–Crippen MR) is 95.5 cm³/mol. The number of carboxylic acids is 1. The summed E-state index contributed by atoms with van der Waals surface area (Å²) in [5.74, 6) is -2.71. The van der Waals surface area contributed by atoms with Gasteiger partial charge in [0.1, 0.15) is 5.56 Å². The number of phenols is 1. The van der Waals surface area contributed by atoms with Gasteiger partial charge in [-0.05, 0) is 32.8 Å². The molecule has 142 valence electrons. The molecule has 0 amide bonds. The van der Waals surface area contributed by atoms with Gasteiger partial charge in [-0.25, -0.2) is 9.18 Å². The van der Waals surface area contributed by atoms with E-state index in [0.29, 0.717) is 23.2 Å². The summed E-state index contributed by atoms with van der Waals surface area (Å²) >= 11 is 0. The maximum Gasteiger partial charge on any atom is 0.341 e. The first-order valence-electron chi connectivity index (χ1n) is 8.56. The number of pyridine rings is 1. The number of aromatic carboxylic acids is 1. The predicted octanol–water partition coefficient (Wildman–Crippen LogP) is 2.63. The lowest BCUT2D eigenvalue weighted by Gasteiger charge is -2.44. The summed E-state index contributed by atoms with van der Waals surface area (Å²) in [4.78, 5) is 23.8. The fourth-order valence-electron chi connectivity index (χ4n) is 4.25. The molecule has 2 N–H and O–H groups in total. The van der Waals surface area contributed by atoms with Gasteiger partial charge in [-0.3, -0.25) is 14.5 Å². The zero-order valence-electron chi connectivity index (χ0n) is 15.1. The van der Waals surface area contributed by atoms with Crippen LogP contribution >= 0.6 is 0 Å². The highest BCUT2D eigenvalue weighted by Crippen LogP contribution is 2.51. The molecule has 0 radical (unpaired) electrons. The molecule has 0 spiro atoms. The monoisotopic (exact) mass is 374 g/mol.